The fourth-order valence-electron chi connectivity index (χ4n) is 2.43. The summed E-state index contributed by atoms with van der Waals surface area (Å²) in [6.07, 6.45) is 1.05. The molecule has 3 nitrogen and oxygen atoms in total. The van der Waals surface area contributed by atoms with Gasteiger partial charge in [-0.25, -0.2) is 4.39 Å². The van der Waals surface area contributed by atoms with E-state index in [0.717, 1.165) is 6.42 Å². The van der Waals surface area contributed by atoms with Crippen LogP contribution in [0.5, 0.6) is 5.75 Å². The maximum atomic E-state index is 14.1. The predicted molar refractivity (Wildman–Crippen MR) is 64.9 cm³/mol. The summed E-state index contributed by atoms with van der Waals surface area (Å²) in [4.78, 5) is 0. The topological polar surface area (TPSA) is 47.3 Å². The molecule has 0 bridgehead atoms. The number of benzene rings is 1. The summed E-state index contributed by atoms with van der Waals surface area (Å²) in [5, 5.41) is 0. The first-order valence-corrected chi connectivity index (χ1v) is 5.80. The van der Waals surface area contributed by atoms with E-state index in [4.69, 9.17) is 10.6 Å². The zero-order valence-corrected chi connectivity index (χ0v) is 10.5. The van der Waals surface area contributed by atoms with E-state index < -0.39 is 0 Å². The van der Waals surface area contributed by atoms with Crippen LogP contribution in [-0.2, 0) is 0 Å². The Morgan fingerprint density at radius 3 is 2.65 bits per heavy atom. The Kier molecular flexibility index (Phi) is 3.10. The van der Waals surface area contributed by atoms with Crippen LogP contribution in [0.2, 0.25) is 0 Å². The van der Waals surface area contributed by atoms with Crippen LogP contribution in [0.4, 0.5) is 4.39 Å². The van der Waals surface area contributed by atoms with Crippen LogP contribution in [-0.4, -0.2) is 7.11 Å². The molecule has 4 heteroatoms. The molecule has 0 aromatic heterocycles. The molecule has 0 heterocycles. The highest BCUT2D eigenvalue weighted by molar-refractivity contribution is 5.34. The molecule has 0 spiro atoms. The third-order valence-electron chi connectivity index (χ3n) is 3.72. The standard InChI is InChI=1S/C13H19FN2O/c1-13(2)7-9(13)12(16-15)8-5-4-6-10(17-3)11(8)14/h4-6,9,12,16H,7,15H2,1-3H3. The van der Waals surface area contributed by atoms with Gasteiger partial charge in [0.1, 0.15) is 0 Å². The van der Waals surface area contributed by atoms with Gasteiger partial charge >= 0.3 is 0 Å². The Balaban J connectivity index is 2.32. The average Bonchev–Trinajstić information content (AvgIpc) is 2.91. The highest BCUT2D eigenvalue weighted by atomic mass is 19.1. The minimum Gasteiger partial charge on any atom is -0.494 e. The average molecular weight is 238 g/mol. The molecule has 1 aromatic rings. The third kappa shape index (κ3) is 2.15. The lowest BCUT2D eigenvalue weighted by Gasteiger charge is -2.19. The molecule has 1 aliphatic carbocycles. The van der Waals surface area contributed by atoms with Gasteiger partial charge in [0, 0.05) is 5.56 Å². The van der Waals surface area contributed by atoms with Crippen molar-refractivity contribution < 1.29 is 9.13 Å². The number of rotatable bonds is 4. The summed E-state index contributed by atoms with van der Waals surface area (Å²) in [7, 11) is 1.47. The lowest BCUT2D eigenvalue weighted by molar-refractivity contribution is 0.368. The number of nitrogens with one attached hydrogen (secondary N) is 1. The van der Waals surface area contributed by atoms with E-state index in [1.165, 1.54) is 7.11 Å². The van der Waals surface area contributed by atoms with Crippen LogP contribution >= 0.6 is 0 Å². The molecule has 3 N–H and O–H groups in total. The zero-order chi connectivity index (χ0) is 12.6. The zero-order valence-electron chi connectivity index (χ0n) is 10.5. The summed E-state index contributed by atoms with van der Waals surface area (Å²) in [6.45, 7) is 4.33. The van der Waals surface area contributed by atoms with Crippen molar-refractivity contribution in [1.29, 1.82) is 0 Å². The fraction of sp³-hybridized carbons (Fsp3) is 0.538. The van der Waals surface area contributed by atoms with Gasteiger partial charge in [-0.1, -0.05) is 26.0 Å². The molecule has 1 aromatic carbocycles. The van der Waals surface area contributed by atoms with E-state index in [1.54, 1.807) is 18.2 Å². The summed E-state index contributed by atoms with van der Waals surface area (Å²) < 4.78 is 19.1. The smallest absolute Gasteiger partial charge is 0.169 e. The number of nitrogens with two attached hydrogens (primary N) is 1. The highest BCUT2D eigenvalue weighted by Crippen LogP contribution is 2.57. The van der Waals surface area contributed by atoms with E-state index >= 15 is 0 Å². The second-order valence-corrected chi connectivity index (χ2v) is 5.31. The second-order valence-electron chi connectivity index (χ2n) is 5.31. The summed E-state index contributed by atoms with van der Waals surface area (Å²) in [5.74, 6) is 5.89. The molecule has 1 saturated carbocycles. The maximum Gasteiger partial charge on any atom is 0.169 e. The van der Waals surface area contributed by atoms with Gasteiger partial charge < -0.3 is 4.74 Å². The molecule has 2 atom stereocenters. The quantitative estimate of drug-likeness (QED) is 0.625. The van der Waals surface area contributed by atoms with Crippen molar-refractivity contribution in [3.8, 4) is 5.75 Å². The Bertz CT molecular complexity index is 420. The minimum absolute atomic E-state index is 0.153. The van der Waals surface area contributed by atoms with Crippen molar-refractivity contribution in [3.63, 3.8) is 0 Å². The fourth-order valence-corrected chi connectivity index (χ4v) is 2.43. The van der Waals surface area contributed by atoms with Gasteiger partial charge in [-0.3, -0.25) is 11.3 Å². The third-order valence-corrected chi connectivity index (χ3v) is 3.72. The number of hydrogen-bond donors (Lipinski definition) is 2. The molecule has 2 unspecified atom stereocenters. The highest BCUT2D eigenvalue weighted by Gasteiger charge is 2.50. The monoisotopic (exact) mass is 238 g/mol. The van der Waals surface area contributed by atoms with Crippen molar-refractivity contribution in [1.82, 2.24) is 5.43 Å². The molecule has 0 aliphatic heterocycles. The summed E-state index contributed by atoms with van der Waals surface area (Å²) in [5.41, 5.74) is 3.55. The van der Waals surface area contributed by atoms with Gasteiger partial charge in [-0.2, -0.15) is 0 Å². The Morgan fingerprint density at radius 2 is 2.18 bits per heavy atom. The Labute approximate surface area is 101 Å². The van der Waals surface area contributed by atoms with Gasteiger partial charge in [-0.05, 0) is 23.8 Å². The second kappa shape index (κ2) is 4.27. The normalized spacial score (nSPS) is 23.2. The van der Waals surface area contributed by atoms with Crippen LogP contribution in [0.3, 0.4) is 0 Å². The lowest BCUT2D eigenvalue weighted by Crippen LogP contribution is -2.31. The molecule has 17 heavy (non-hydrogen) atoms. The molecule has 1 fully saturated rings. The van der Waals surface area contributed by atoms with E-state index in [0.29, 0.717) is 11.5 Å². The molecule has 0 saturated heterocycles. The summed E-state index contributed by atoms with van der Waals surface area (Å²) in [6, 6.07) is 5.01. The van der Waals surface area contributed by atoms with Gasteiger partial charge in [0.15, 0.2) is 11.6 Å². The van der Waals surface area contributed by atoms with Crippen molar-refractivity contribution in [3.05, 3.63) is 29.6 Å². The molecule has 1 aliphatic rings. The van der Waals surface area contributed by atoms with Crippen LogP contribution in [0.15, 0.2) is 18.2 Å². The first-order valence-electron chi connectivity index (χ1n) is 5.80. The number of ether oxygens (including phenoxy) is 1. The first-order chi connectivity index (χ1) is 8.01. The number of hydrogen-bond acceptors (Lipinski definition) is 3. The van der Waals surface area contributed by atoms with Crippen LogP contribution < -0.4 is 16.0 Å². The van der Waals surface area contributed by atoms with E-state index in [1.807, 2.05) is 0 Å². The van der Waals surface area contributed by atoms with Gasteiger partial charge in [0.2, 0.25) is 0 Å². The number of hydrazine groups is 1. The van der Waals surface area contributed by atoms with Gasteiger partial charge in [0.25, 0.3) is 0 Å². The van der Waals surface area contributed by atoms with E-state index in [9.17, 15) is 4.39 Å². The number of methoxy groups -OCH3 is 1. The minimum atomic E-state index is -0.319. The lowest BCUT2D eigenvalue weighted by atomic mass is 9.97. The van der Waals surface area contributed by atoms with Crippen molar-refractivity contribution in [2.24, 2.45) is 17.2 Å². The van der Waals surface area contributed by atoms with E-state index in [2.05, 4.69) is 19.3 Å². The molecule has 94 valence electrons. The van der Waals surface area contributed by atoms with Gasteiger partial charge in [-0.15, -0.1) is 0 Å². The molecule has 0 amide bonds. The van der Waals surface area contributed by atoms with Crippen LogP contribution in [0.25, 0.3) is 0 Å². The van der Waals surface area contributed by atoms with Crippen molar-refractivity contribution in [2.75, 3.05) is 7.11 Å². The predicted octanol–water partition coefficient (Wildman–Crippen LogP) is 2.38. The molecule has 0 radical (unpaired) electrons. The molecule has 2 rings (SSSR count). The van der Waals surface area contributed by atoms with Crippen molar-refractivity contribution >= 4 is 0 Å². The van der Waals surface area contributed by atoms with Crippen LogP contribution in [0, 0.1) is 17.2 Å². The largest absolute Gasteiger partial charge is 0.494 e. The van der Waals surface area contributed by atoms with Crippen molar-refractivity contribution in [2.45, 2.75) is 26.3 Å². The Morgan fingerprint density at radius 1 is 1.53 bits per heavy atom. The van der Waals surface area contributed by atoms with Gasteiger partial charge in [0.05, 0.1) is 13.2 Å². The Hall–Kier alpha value is -1.13. The summed E-state index contributed by atoms with van der Waals surface area (Å²) >= 11 is 0. The molecular formula is C13H19FN2O. The van der Waals surface area contributed by atoms with E-state index in [-0.39, 0.29) is 23.0 Å². The van der Waals surface area contributed by atoms with Crippen LogP contribution in [0.1, 0.15) is 31.9 Å². The number of halogens is 1. The maximum absolute atomic E-state index is 14.1. The first kappa shape index (κ1) is 12.3. The molecular weight excluding hydrogens is 219 g/mol. The SMILES string of the molecule is COc1cccc(C(NN)C2CC2(C)C)c1F.